The van der Waals surface area contributed by atoms with Crippen LogP contribution in [-0.4, -0.2) is 19.6 Å². The van der Waals surface area contributed by atoms with E-state index in [1.807, 2.05) is 18.2 Å². The monoisotopic (exact) mass is 266 g/mol. The van der Waals surface area contributed by atoms with Crippen LogP contribution in [0.2, 0.25) is 0 Å². The summed E-state index contributed by atoms with van der Waals surface area (Å²) in [6.45, 7) is 0. The van der Waals surface area contributed by atoms with Gasteiger partial charge in [0.05, 0.1) is 5.56 Å². The SMILES string of the molecule is Nc1ccc(-c2nc3cccnc3n2C2CC2)c(O)c1. The van der Waals surface area contributed by atoms with Crippen LogP contribution < -0.4 is 5.73 Å². The first kappa shape index (κ1) is 11.3. The summed E-state index contributed by atoms with van der Waals surface area (Å²) in [6.07, 6.45) is 4.03. The maximum Gasteiger partial charge on any atom is 0.160 e. The molecule has 0 saturated heterocycles. The van der Waals surface area contributed by atoms with Gasteiger partial charge in [0.15, 0.2) is 5.65 Å². The average Bonchev–Trinajstić information content (AvgIpc) is 3.19. The van der Waals surface area contributed by atoms with Crippen molar-refractivity contribution < 1.29 is 5.11 Å². The second-order valence-corrected chi connectivity index (χ2v) is 5.16. The molecule has 0 aliphatic heterocycles. The van der Waals surface area contributed by atoms with Crippen LogP contribution in [0.3, 0.4) is 0 Å². The molecule has 1 aliphatic carbocycles. The Balaban J connectivity index is 2.01. The molecule has 1 saturated carbocycles. The van der Waals surface area contributed by atoms with Crippen molar-refractivity contribution in [3.63, 3.8) is 0 Å². The van der Waals surface area contributed by atoms with Crippen LogP contribution in [0, 0.1) is 0 Å². The number of aromatic hydroxyl groups is 1. The first-order valence-electron chi connectivity index (χ1n) is 6.66. The van der Waals surface area contributed by atoms with E-state index in [1.165, 1.54) is 0 Å². The minimum atomic E-state index is 0.155. The van der Waals surface area contributed by atoms with Crippen LogP contribution in [0.5, 0.6) is 5.75 Å². The Morgan fingerprint density at radius 3 is 2.85 bits per heavy atom. The van der Waals surface area contributed by atoms with Crippen LogP contribution in [0.25, 0.3) is 22.6 Å². The maximum atomic E-state index is 10.1. The second kappa shape index (κ2) is 3.96. The summed E-state index contributed by atoms with van der Waals surface area (Å²) in [5.74, 6) is 0.918. The van der Waals surface area contributed by atoms with Gasteiger partial charge >= 0.3 is 0 Å². The number of hydrogen-bond donors (Lipinski definition) is 2. The van der Waals surface area contributed by atoms with Gasteiger partial charge in [-0.05, 0) is 37.1 Å². The molecule has 5 nitrogen and oxygen atoms in total. The topological polar surface area (TPSA) is 77.0 Å². The van der Waals surface area contributed by atoms with E-state index >= 15 is 0 Å². The van der Waals surface area contributed by atoms with Crippen LogP contribution in [-0.2, 0) is 0 Å². The van der Waals surface area contributed by atoms with Gasteiger partial charge in [0.1, 0.15) is 17.1 Å². The number of aromatic nitrogens is 3. The van der Waals surface area contributed by atoms with Gasteiger partial charge < -0.3 is 15.4 Å². The Bertz CT molecular complexity index is 805. The Morgan fingerprint density at radius 2 is 2.10 bits per heavy atom. The molecule has 0 atom stereocenters. The molecule has 5 heteroatoms. The predicted molar refractivity (Wildman–Crippen MR) is 77.3 cm³/mol. The molecule has 0 amide bonds. The van der Waals surface area contributed by atoms with Gasteiger partial charge in [-0.1, -0.05) is 0 Å². The lowest BCUT2D eigenvalue weighted by molar-refractivity contribution is 0.477. The number of hydrogen-bond acceptors (Lipinski definition) is 4. The van der Waals surface area contributed by atoms with Crippen molar-refractivity contribution in [1.82, 2.24) is 14.5 Å². The molecule has 0 radical (unpaired) electrons. The molecule has 4 rings (SSSR count). The van der Waals surface area contributed by atoms with Crippen LogP contribution in [0.4, 0.5) is 5.69 Å². The number of nitrogens with two attached hydrogens (primary N) is 1. The third kappa shape index (κ3) is 1.63. The summed E-state index contributed by atoms with van der Waals surface area (Å²) >= 11 is 0. The fourth-order valence-electron chi connectivity index (χ4n) is 2.54. The summed E-state index contributed by atoms with van der Waals surface area (Å²) in [7, 11) is 0. The number of fused-ring (bicyclic) bond motifs is 1. The van der Waals surface area contributed by atoms with Gasteiger partial charge in [0.2, 0.25) is 0 Å². The zero-order chi connectivity index (χ0) is 13.7. The zero-order valence-electron chi connectivity index (χ0n) is 10.8. The fraction of sp³-hybridized carbons (Fsp3) is 0.200. The number of phenols is 1. The second-order valence-electron chi connectivity index (χ2n) is 5.16. The summed E-state index contributed by atoms with van der Waals surface area (Å²) in [5.41, 5.74) is 8.66. The lowest BCUT2D eigenvalue weighted by Crippen LogP contribution is -1.99. The number of anilines is 1. The highest BCUT2D eigenvalue weighted by atomic mass is 16.3. The van der Waals surface area contributed by atoms with Gasteiger partial charge in [-0.15, -0.1) is 0 Å². The molecule has 2 heterocycles. The predicted octanol–water partition coefficient (Wildman–Crippen LogP) is 2.72. The summed E-state index contributed by atoms with van der Waals surface area (Å²) in [5, 5.41) is 10.1. The molecule has 3 N–H and O–H groups in total. The highest BCUT2D eigenvalue weighted by Crippen LogP contribution is 2.42. The molecule has 1 aliphatic rings. The summed E-state index contributed by atoms with van der Waals surface area (Å²) in [6, 6.07) is 9.39. The van der Waals surface area contributed by atoms with E-state index in [0.717, 1.165) is 29.8 Å². The molecule has 0 spiro atoms. The Kier molecular flexibility index (Phi) is 2.24. The zero-order valence-corrected chi connectivity index (χ0v) is 10.8. The van der Waals surface area contributed by atoms with Crippen molar-refractivity contribution >= 4 is 16.9 Å². The molecule has 0 unspecified atom stereocenters. The smallest absolute Gasteiger partial charge is 0.160 e. The normalized spacial score (nSPS) is 14.8. The van der Waals surface area contributed by atoms with Crippen molar-refractivity contribution in [2.45, 2.75) is 18.9 Å². The van der Waals surface area contributed by atoms with Gasteiger partial charge in [-0.2, -0.15) is 0 Å². The Morgan fingerprint density at radius 1 is 1.25 bits per heavy atom. The van der Waals surface area contributed by atoms with Gasteiger partial charge in [0, 0.05) is 24.0 Å². The third-order valence-corrected chi connectivity index (χ3v) is 3.62. The van der Waals surface area contributed by atoms with Crippen LogP contribution in [0.1, 0.15) is 18.9 Å². The largest absolute Gasteiger partial charge is 0.507 e. The van der Waals surface area contributed by atoms with E-state index in [2.05, 4.69) is 14.5 Å². The highest BCUT2D eigenvalue weighted by molar-refractivity contribution is 5.79. The van der Waals surface area contributed by atoms with Crippen molar-refractivity contribution in [3.05, 3.63) is 36.5 Å². The highest BCUT2D eigenvalue weighted by Gasteiger charge is 2.29. The van der Waals surface area contributed by atoms with Crippen molar-refractivity contribution in [2.75, 3.05) is 5.73 Å². The van der Waals surface area contributed by atoms with E-state index in [9.17, 15) is 5.11 Å². The van der Waals surface area contributed by atoms with Crippen LogP contribution in [0.15, 0.2) is 36.5 Å². The molecule has 1 aromatic carbocycles. The number of nitrogens with zero attached hydrogens (tertiary/aromatic N) is 3. The Hall–Kier alpha value is -2.56. The number of imidazole rings is 1. The molecule has 3 aromatic rings. The number of rotatable bonds is 2. The number of nitrogen functional groups attached to an aromatic ring is 1. The number of phenolic OH excluding ortho intramolecular Hbond substituents is 1. The molecule has 100 valence electrons. The van der Waals surface area contributed by atoms with E-state index in [-0.39, 0.29) is 5.75 Å². The lowest BCUT2D eigenvalue weighted by atomic mass is 10.1. The molecular weight excluding hydrogens is 252 g/mol. The Labute approximate surface area is 115 Å². The minimum absolute atomic E-state index is 0.155. The van der Waals surface area contributed by atoms with Gasteiger partial charge in [0.25, 0.3) is 0 Å². The minimum Gasteiger partial charge on any atom is -0.507 e. The summed E-state index contributed by atoms with van der Waals surface area (Å²) < 4.78 is 2.13. The van der Waals surface area contributed by atoms with Gasteiger partial charge in [-0.25, -0.2) is 9.97 Å². The number of pyridine rings is 1. The van der Waals surface area contributed by atoms with Crippen molar-refractivity contribution in [3.8, 4) is 17.1 Å². The van der Waals surface area contributed by atoms with Crippen molar-refractivity contribution in [1.29, 1.82) is 0 Å². The lowest BCUT2D eigenvalue weighted by Gasteiger charge is -2.08. The molecule has 0 bridgehead atoms. The third-order valence-electron chi connectivity index (χ3n) is 3.62. The molecule has 20 heavy (non-hydrogen) atoms. The quantitative estimate of drug-likeness (QED) is 0.699. The fourth-order valence-corrected chi connectivity index (χ4v) is 2.54. The first-order chi connectivity index (χ1) is 9.74. The maximum absolute atomic E-state index is 10.1. The van der Waals surface area contributed by atoms with E-state index < -0.39 is 0 Å². The average molecular weight is 266 g/mol. The first-order valence-corrected chi connectivity index (χ1v) is 6.66. The van der Waals surface area contributed by atoms with E-state index in [0.29, 0.717) is 17.3 Å². The molecule has 2 aromatic heterocycles. The van der Waals surface area contributed by atoms with E-state index in [1.54, 1.807) is 18.3 Å². The van der Waals surface area contributed by atoms with Crippen LogP contribution >= 0.6 is 0 Å². The number of benzene rings is 1. The van der Waals surface area contributed by atoms with Crippen molar-refractivity contribution in [2.24, 2.45) is 0 Å². The standard InChI is InChI=1S/C15H14N4O/c16-9-3-6-11(13(20)8-9)14-18-12-2-1-7-17-15(12)19(14)10-4-5-10/h1-3,6-8,10,20H,4-5,16H2. The van der Waals surface area contributed by atoms with Gasteiger partial charge in [-0.3, -0.25) is 0 Å². The molecular formula is C15H14N4O. The molecule has 1 fully saturated rings. The van der Waals surface area contributed by atoms with E-state index in [4.69, 9.17) is 5.73 Å². The summed E-state index contributed by atoms with van der Waals surface area (Å²) in [4.78, 5) is 9.06.